The number of nitrogens with zero attached hydrogens (tertiary/aromatic N) is 4. The number of aryl methyl sites for hydroxylation is 1. The van der Waals surface area contributed by atoms with Crippen molar-refractivity contribution in [3.05, 3.63) is 30.2 Å². The molecule has 3 heterocycles. The van der Waals surface area contributed by atoms with Crippen LogP contribution in [0, 0.1) is 5.92 Å². The first kappa shape index (κ1) is 9.51. The molecule has 0 aliphatic carbocycles. The molecule has 0 fully saturated rings. The predicted molar refractivity (Wildman–Crippen MR) is 60.7 cm³/mol. The van der Waals surface area contributed by atoms with Gasteiger partial charge in [0.15, 0.2) is 5.82 Å². The summed E-state index contributed by atoms with van der Waals surface area (Å²) in [4.78, 5) is 8.82. The van der Waals surface area contributed by atoms with Crippen LogP contribution in [0.15, 0.2) is 24.4 Å². The summed E-state index contributed by atoms with van der Waals surface area (Å²) in [5.74, 6) is 2.55. The largest absolute Gasteiger partial charge is 0.253 e. The minimum absolute atomic E-state index is 0.700. The van der Waals surface area contributed by atoms with Crippen LogP contribution in [-0.2, 0) is 13.0 Å². The van der Waals surface area contributed by atoms with Crippen molar-refractivity contribution in [1.29, 1.82) is 0 Å². The molecular formula is C12H14N4. The molecule has 2 aromatic heterocycles. The van der Waals surface area contributed by atoms with Gasteiger partial charge >= 0.3 is 0 Å². The Bertz CT molecular complexity index is 489. The van der Waals surface area contributed by atoms with E-state index in [2.05, 4.69) is 22.0 Å². The Kier molecular flexibility index (Phi) is 2.20. The van der Waals surface area contributed by atoms with Gasteiger partial charge in [0.05, 0.1) is 0 Å². The highest BCUT2D eigenvalue weighted by Crippen LogP contribution is 2.20. The van der Waals surface area contributed by atoms with Crippen LogP contribution >= 0.6 is 0 Å². The van der Waals surface area contributed by atoms with Crippen molar-refractivity contribution >= 4 is 0 Å². The van der Waals surface area contributed by atoms with E-state index >= 15 is 0 Å². The van der Waals surface area contributed by atoms with E-state index in [9.17, 15) is 0 Å². The first-order valence-corrected chi connectivity index (χ1v) is 5.68. The molecule has 4 nitrogen and oxygen atoms in total. The molecule has 16 heavy (non-hydrogen) atoms. The van der Waals surface area contributed by atoms with Crippen LogP contribution in [0.5, 0.6) is 0 Å². The van der Waals surface area contributed by atoms with Crippen molar-refractivity contribution in [3.63, 3.8) is 0 Å². The Morgan fingerprint density at radius 1 is 1.38 bits per heavy atom. The monoisotopic (exact) mass is 214 g/mol. The van der Waals surface area contributed by atoms with Crippen LogP contribution in [0.3, 0.4) is 0 Å². The SMILES string of the molecule is CC1CCc2nc(-c3ccccn3)nn2C1. The van der Waals surface area contributed by atoms with E-state index in [-0.39, 0.29) is 0 Å². The lowest BCUT2D eigenvalue weighted by atomic mass is 10.0. The van der Waals surface area contributed by atoms with E-state index in [1.54, 1.807) is 6.20 Å². The molecule has 0 bridgehead atoms. The summed E-state index contributed by atoms with van der Waals surface area (Å²) in [6, 6.07) is 5.82. The number of hydrogen-bond donors (Lipinski definition) is 0. The zero-order chi connectivity index (χ0) is 11.0. The number of hydrogen-bond acceptors (Lipinski definition) is 3. The van der Waals surface area contributed by atoms with E-state index in [0.717, 1.165) is 30.3 Å². The first-order chi connectivity index (χ1) is 7.83. The Morgan fingerprint density at radius 2 is 2.31 bits per heavy atom. The van der Waals surface area contributed by atoms with Gasteiger partial charge < -0.3 is 0 Å². The molecule has 0 radical (unpaired) electrons. The second-order valence-corrected chi connectivity index (χ2v) is 4.39. The van der Waals surface area contributed by atoms with Crippen molar-refractivity contribution in [2.45, 2.75) is 26.3 Å². The Morgan fingerprint density at radius 3 is 3.12 bits per heavy atom. The van der Waals surface area contributed by atoms with Gasteiger partial charge in [0.1, 0.15) is 11.5 Å². The minimum Gasteiger partial charge on any atom is -0.253 e. The van der Waals surface area contributed by atoms with E-state index in [4.69, 9.17) is 0 Å². The third-order valence-corrected chi connectivity index (χ3v) is 2.99. The lowest BCUT2D eigenvalue weighted by molar-refractivity contribution is 0.368. The van der Waals surface area contributed by atoms with Crippen LogP contribution < -0.4 is 0 Å². The summed E-state index contributed by atoms with van der Waals surface area (Å²) in [5, 5.41) is 4.51. The number of pyridine rings is 1. The molecule has 0 N–H and O–H groups in total. The van der Waals surface area contributed by atoms with Crippen LogP contribution in [0.1, 0.15) is 19.2 Å². The average Bonchev–Trinajstić information content (AvgIpc) is 2.73. The van der Waals surface area contributed by atoms with Crippen molar-refractivity contribution in [2.24, 2.45) is 5.92 Å². The quantitative estimate of drug-likeness (QED) is 0.728. The maximum absolute atomic E-state index is 4.54. The lowest BCUT2D eigenvalue weighted by Crippen LogP contribution is -2.18. The summed E-state index contributed by atoms with van der Waals surface area (Å²) in [7, 11) is 0. The molecule has 4 heteroatoms. The van der Waals surface area contributed by atoms with E-state index in [0.29, 0.717) is 5.92 Å². The molecule has 0 saturated heterocycles. The highest BCUT2D eigenvalue weighted by atomic mass is 15.4. The molecule has 82 valence electrons. The van der Waals surface area contributed by atoms with Gasteiger partial charge in [-0.25, -0.2) is 9.67 Å². The molecule has 0 amide bonds. The standard InChI is InChI=1S/C12H14N4/c1-9-5-6-11-14-12(15-16(11)8-9)10-4-2-3-7-13-10/h2-4,7,9H,5-6,8H2,1H3. The zero-order valence-corrected chi connectivity index (χ0v) is 9.30. The second kappa shape index (κ2) is 3.70. The zero-order valence-electron chi connectivity index (χ0n) is 9.30. The number of aromatic nitrogens is 4. The Balaban J connectivity index is 1.99. The molecule has 0 aromatic carbocycles. The van der Waals surface area contributed by atoms with E-state index in [1.807, 2.05) is 22.9 Å². The normalized spacial score (nSPS) is 19.4. The van der Waals surface area contributed by atoms with Gasteiger partial charge in [0.2, 0.25) is 0 Å². The number of rotatable bonds is 1. The fraction of sp³-hybridized carbons (Fsp3) is 0.417. The molecule has 0 saturated carbocycles. The topological polar surface area (TPSA) is 43.6 Å². The molecule has 1 aliphatic rings. The van der Waals surface area contributed by atoms with Gasteiger partial charge in [-0.1, -0.05) is 13.0 Å². The molecule has 1 aliphatic heterocycles. The predicted octanol–water partition coefficient (Wildman–Crippen LogP) is 1.92. The molecule has 2 aromatic rings. The minimum atomic E-state index is 0.700. The maximum Gasteiger partial charge on any atom is 0.200 e. The highest BCUT2D eigenvalue weighted by molar-refractivity contribution is 5.47. The van der Waals surface area contributed by atoms with Crippen molar-refractivity contribution in [2.75, 3.05) is 0 Å². The van der Waals surface area contributed by atoms with Crippen LogP contribution in [0.25, 0.3) is 11.5 Å². The molecular weight excluding hydrogens is 200 g/mol. The highest BCUT2D eigenvalue weighted by Gasteiger charge is 2.19. The molecule has 1 unspecified atom stereocenters. The molecule has 3 rings (SSSR count). The van der Waals surface area contributed by atoms with Crippen molar-refractivity contribution in [1.82, 2.24) is 19.7 Å². The Labute approximate surface area is 94.4 Å². The third kappa shape index (κ3) is 1.60. The van der Waals surface area contributed by atoms with Crippen LogP contribution in [0.2, 0.25) is 0 Å². The number of fused-ring (bicyclic) bond motifs is 1. The molecule has 1 atom stereocenters. The second-order valence-electron chi connectivity index (χ2n) is 4.39. The van der Waals surface area contributed by atoms with E-state index < -0.39 is 0 Å². The fourth-order valence-electron chi connectivity index (χ4n) is 2.07. The van der Waals surface area contributed by atoms with Crippen molar-refractivity contribution in [3.8, 4) is 11.5 Å². The fourth-order valence-corrected chi connectivity index (χ4v) is 2.07. The summed E-state index contributed by atoms with van der Waals surface area (Å²) >= 11 is 0. The van der Waals surface area contributed by atoms with Gasteiger partial charge in [-0.05, 0) is 24.5 Å². The van der Waals surface area contributed by atoms with Gasteiger partial charge in [0.25, 0.3) is 0 Å². The average molecular weight is 214 g/mol. The smallest absolute Gasteiger partial charge is 0.200 e. The van der Waals surface area contributed by atoms with Gasteiger partial charge in [-0.3, -0.25) is 4.98 Å². The summed E-state index contributed by atoms with van der Waals surface area (Å²) in [6.07, 6.45) is 4.01. The molecule has 0 spiro atoms. The lowest BCUT2D eigenvalue weighted by Gasteiger charge is -2.17. The van der Waals surface area contributed by atoms with Gasteiger partial charge in [-0.2, -0.15) is 0 Å². The van der Waals surface area contributed by atoms with Gasteiger partial charge in [-0.15, -0.1) is 5.10 Å². The van der Waals surface area contributed by atoms with E-state index in [1.165, 1.54) is 6.42 Å². The first-order valence-electron chi connectivity index (χ1n) is 5.68. The summed E-state index contributed by atoms with van der Waals surface area (Å²) in [6.45, 7) is 3.24. The van der Waals surface area contributed by atoms with Crippen LogP contribution in [0.4, 0.5) is 0 Å². The summed E-state index contributed by atoms with van der Waals surface area (Å²) < 4.78 is 2.03. The summed E-state index contributed by atoms with van der Waals surface area (Å²) in [5.41, 5.74) is 0.858. The maximum atomic E-state index is 4.54. The van der Waals surface area contributed by atoms with Gasteiger partial charge in [0, 0.05) is 19.2 Å². The third-order valence-electron chi connectivity index (χ3n) is 2.99. The Hall–Kier alpha value is -1.71. The van der Waals surface area contributed by atoms with Crippen LogP contribution in [-0.4, -0.2) is 19.7 Å². The van der Waals surface area contributed by atoms with Crippen molar-refractivity contribution < 1.29 is 0 Å².